The van der Waals surface area contributed by atoms with Crippen molar-refractivity contribution in [2.45, 2.75) is 38.6 Å². The van der Waals surface area contributed by atoms with Gasteiger partial charge in [-0.05, 0) is 37.3 Å². The van der Waals surface area contributed by atoms with Crippen molar-refractivity contribution >= 4 is 0 Å². The minimum atomic E-state index is 0.604. The van der Waals surface area contributed by atoms with E-state index in [2.05, 4.69) is 42.2 Å². The molecule has 2 atom stereocenters. The lowest BCUT2D eigenvalue weighted by atomic mass is 9.87. The summed E-state index contributed by atoms with van der Waals surface area (Å²) < 4.78 is 0. The Labute approximate surface area is 111 Å². The Balaban J connectivity index is 1.91. The van der Waals surface area contributed by atoms with Crippen molar-refractivity contribution in [1.82, 2.24) is 4.90 Å². The van der Waals surface area contributed by atoms with E-state index in [9.17, 15) is 0 Å². The van der Waals surface area contributed by atoms with Crippen molar-refractivity contribution in [3.05, 3.63) is 35.9 Å². The van der Waals surface area contributed by atoms with E-state index >= 15 is 0 Å². The fraction of sp³-hybridized carbons (Fsp3) is 0.625. The maximum Gasteiger partial charge on any atom is 0.0246 e. The summed E-state index contributed by atoms with van der Waals surface area (Å²) >= 11 is 0. The Hall–Kier alpha value is -0.860. The predicted molar refractivity (Wildman–Crippen MR) is 77.6 cm³/mol. The van der Waals surface area contributed by atoms with E-state index in [1.807, 2.05) is 0 Å². The zero-order chi connectivity index (χ0) is 12.8. The van der Waals surface area contributed by atoms with E-state index in [0.717, 1.165) is 25.4 Å². The Kier molecular flexibility index (Phi) is 5.21. The van der Waals surface area contributed by atoms with Gasteiger partial charge in [-0.15, -0.1) is 0 Å². The Morgan fingerprint density at radius 1 is 1.28 bits per heavy atom. The van der Waals surface area contributed by atoms with Crippen LogP contribution < -0.4 is 5.73 Å². The van der Waals surface area contributed by atoms with Gasteiger partial charge in [-0.3, -0.25) is 4.90 Å². The van der Waals surface area contributed by atoms with Gasteiger partial charge in [0.1, 0.15) is 0 Å². The van der Waals surface area contributed by atoms with Gasteiger partial charge in [0.25, 0.3) is 0 Å². The first-order valence-electron chi connectivity index (χ1n) is 7.33. The molecule has 1 aliphatic rings. The third kappa shape index (κ3) is 3.33. The zero-order valence-corrected chi connectivity index (χ0v) is 11.5. The fourth-order valence-corrected chi connectivity index (χ4v) is 3.23. The molecule has 0 amide bonds. The van der Waals surface area contributed by atoms with Crippen molar-refractivity contribution in [2.75, 3.05) is 19.6 Å². The molecule has 0 aromatic heterocycles. The van der Waals surface area contributed by atoms with Gasteiger partial charge in [-0.1, -0.05) is 43.7 Å². The van der Waals surface area contributed by atoms with Crippen molar-refractivity contribution in [3.63, 3.8) is 0 Å². The first kappa shape index (κ1) is 13.6. The molecule has 1 aromatic rings. The van der Waals surface area contributed by atoms with E-state index in [-0.39, 0.29) is 0 Å². The summed E-state index contributed by atoms with van der Waals surface area (Å²) in [6.07, 6.45) is 5.11. The summed E-state index contributed by atoms with van der Waals surface area (Å²) in [5.74, 6) is 0.805. The highest BCUT2D eigenvalue weighted by molar-refractivity contribution is 5.15. The van der Waals surface area contributed by atoms with E-state index in [1.54, 1.807) is 0 Å². The lowest BCUT2D eigenvalue weighted by Crippen LogP contribution is -2.49. The molecule has 2 rings (SSSR count). The third-order valence-corrected chi connectivity index (χ3v) is 4.33. The lowest BCUT2D eigenvalue weighted by Gasteiger charge is -2.40. The molecule has 2 nitrogen and oxygen atoms in total. The molecule has 1 aliphatic heterocycles. The quantitative estimate of drug-likeness (QED) is 0.865. The molecule has 1 heterocycles. The van der Waals surface area contributed by atoms with Crippen LogP contribution in [0.3, 0.4) is 0 Å². The summed E-state index contributed by atoms with van der Waals surface area (Å²) in [5, 5.41) is 0. The molecule has 100 valence electrons. The molecular formula is C16H26N2. The third-order valence-electron chi connectivity index (χ3n) is 4.33. The van der Waals surface area contributed by atoms with Gasteiger partial charge in [-0.2, -0.15) is 0 Å². The van der Waals surface area contributed by atoms with Gasteiger partial charge >= 0.3 is 0 Å². The van der Waals surface area contributed by atoms with Crippen LogP contribution in [0.15, 0.2) is 30.3 Å². The second kappa shape index (κ2) is 6.91. The Morgan fingerprint density at radius 2 is 2.06 bits per heavy atom. The van der Waals surface area contributed by atoms with Gasteiger partial charge in [-0.25, -0.2) is 0 Å². The second-order valence-corrected chi connectivity index (χ2v) is 5.39. The van der Waals surface area contributed by atoms with E-state index in [4.69, 9.17) is 5.73 Å². The van der Waals surface area contributed by atoms with Gasteiger partial charge < -0.3 is 5.73 Å². The molecule has 0 spiro atoms. The topological polar surface area (TPSA) is 29.3 Å². The van der Waals surface area contributed by atoms with Gasteiger partial charge in [0.05, 0.1) is 0 Å². The first-order valence-corrected chi connectivity index (χ1v) is 7.33. The Morgan fingerprint density at radius 3 is 2.72 bits per heavy atom. The molecule has 1 saturated heterocycles. The van der Waals surface area contributed by atoms with Crippen molar-refractivity contribution < 1.29 is 0 Å². The summed E-state index contributed by atoms with van der Waals surface area (Å²) in [6.45, 7) is 5.49. The van der Waals surface area contributed by atoms with Crippen LogP contribution >= 0.6 is 0 Å². The smallest absolute Gasteiger partial charge is 0.0246 e. The molecule has 1 fully saturated rings. The molecule has 0 bridgehead atoms. The molecule has 0 radical (unpaired) electrons. The highest BCUT2D eigenvalue weighted by atomic mass is 15.2. The van der Waals surface area contributed by atoms with E-state index in [0.29, 0.717) is 6.04 Å². The van der Waals surface area contributed by atoms with Crippen LogP contribution in [0.4, 0.5) is 0 Å². The number of nitrogens with zero attached hydrogens (tertiary/aromatic N) is 1. The van der Waals surface area contributed by atoms with Crippen molar-refractivity contribution in [2.24, 2.45) is 11.7 Å². The minimum absolute atomic E-state index is 0.604. The van der Waals surface area contributed by atoms with Crippen molar-refractivity contribution in [3.8, 4) is 0 Å². The maximum absolute atomic E-state index is 5.99. The van der Waals surface area contributed by atoms with E-state index in [1.165, 1.54) is 31.4 Å². The van der Waals surface area contributed by atoms with Gasteiger partial charge in [0.15, 0.2) is 0 Å². The fourth-order valence-electron chi connectivity index (χ4n) is 3.23. The maximum atomic E-state index is 5.99. The van der Waals surface area contributed by atoms with Crippen LogP contribution in [0.5, 0.6) is 0 Å². The molecule has 0 saturated carbocycles. The monoisotopic (exact) mass is 246 g/mol. The molecule has 2 N–H and O–H groups in total. The SMILES string of the molecule is CCC1CCCN(CCc2ccccc2)C1CN. The number of hydrogen-bond acceptors (Lipinski definition) is 2. The number of hydrogen-bond donors (Lipinski definition) is 1. The summed E-state index contributed by atoms with van der Waals surface area (Å²) in [6, 6.07) is 11.4. The number of piperidine rings is 1. The standard InChI is InChI=1S/C16H26N2/c1-2-15-9-6-11-18(16(15)13-17)12-10-14-7-4-3-5-8-14/h3-5,7-8,15-16H,2,6,9-13,17H2,1H3. The zero-order valence-electron chi connectivity index (χ0n) is 11.5. The minimum Gasteiger partial charge on any atom is -0.329 e. The largest absolute Gasteiger partial charge is 0.329 e. The van der Waals surface area contributed by atoms with Crippen LogP contribution in [-0.2, 0) is 6.42 Å². The van der Waals surface area contributed by atoms with E-state index < -0.39 is 0 Å². The van der Waals surface area contributed by atoms with Crippen LogP contribution in [0, 0.1) is 5.92 Å². The predicted octanol–water partition coefficient (Wildman–Crippen LogP) is 2.68. The highest BCUT2D eigenvalue weighted by Crippen LogP contribution is 2.25. The molecule has 1 aromatic carbocycles. The van der Waals surface area contributed by atoms with Crippen LogP contribution in [0.2, 0.25) is 0 Å². The average molecular weight is 246 g/mol. The molecule has 2 heteroatoms. The summed E-state index contributed by atoms with van der Waals surface area (Å²) in [7, 11) is 0. The van der Waals surface area contributed by atoms with Crippen LogP contribution in [0.25, 0.3) is 0 Å². The van der Waals surface area contributed by atoms with Crippen LogP contribution in [0.1, 0.15) is 31.7 Å². The lowest BCUT2D eigenvalue weighted by molar-refractivity contribution is 0.0966. The molecule has 18 heavy (non-hydrogen) atoms. The normalized spacial score (nSPS) is 25.2. The highest BCUT2D eigenvalue weighted by Gasteiger charge is 2.28. The van der Waals surface area contributed by atoms with Crippen molar-refractivity contribution in [1.29, 1.82) is 0 Å². The Bertz CT molecular complexity index is 336. The summed E-state index contributed by atoms with van der Waals surface area (Å²) in [4.78, 5) is 2.62. The van der Waals surface area contributed by atoms with Gasteiger partial charge in [0, 0.05) is 19.1 Å². The molecular weight excluding hydrogens is 220 g/mol. The average Bonchev–Trinajstić information content (AvgIpc) is 2.45. The number of nitrogens with two attached hydrogens (primary N) is 1. The number of benzene rings is 1. The summed E-state index contributed by atoms with van der Waals surface area (Å²) in [5.41, 5.74) is 7.42. The molecule has 2 unspecified atom stereocenters. The number of likely N-dealkylation sites (tertiary alicyclic amines) is 1. The second-order valence-electron chi connectivity index (χ2n) is 5.39. The molecule has 0 aliphatic carbocycles. The first-order chi connectivity index (χ1) is 8.85. The van der Waals surface area contributed by atoms with Gasteiger partial charge in [0.2, 0.25) is 0 Å². The number of rotatable bonds is 5. The van der Waals surface area contributed by atoms with Crippen LogP contribution in [-0.4, -0.2) is 30.6 Å².